The van der Waals surface area contributed by atoms with E-state index in [2.05, 4.69) is 26.5 Å². The molecule has 9 nitrogen and oxygen atoms in total. The summed E-state index contributed by atoms with van der Waals surface area (Å²) in [4.78, 5) is 25.4. The van der Waals surface area contributed by atoms with Crippen molar-refractivity contribution in [1.82, 2.24) is 5.43 Å². The molecule has 0 aliphatic heterocycles. The Bertz CT molecular complexity index is 1250. The summed E-state index contributed by atoms with van der Waals surface area (Å²) >= 11 is 3.40. The van der Waals surface area contributed by atoms with Crippen molar-refractivity contribution < 1.29 is 33.3 Å². The number of benzene rings is 3. The second-order valence-electron chi connectivity index (χ2n) is 7.56. The third-order valence-corrected chi connectivity index (χ3v) is 5.53. The predicted octanol–water partition coefficient (Wildman–Crippen LogP) is 5.25. The van der Waals surface area contributed by atoms with Crippen LogP contribution in [0.2, 0.25) is 0 Å². The van der Waals surface area contributed by atoms with Gasteiger partial charge in [-0.05, 0) is 61.0 Å². The zero-order valence-corrected chi connectivity index (χ0v) is 22.5. The van der Waals surface area contributed by atoms with Gasteiger partial charge in [-0.1, -0.05) is 22.9 Å². The van der Waals surface area contributed by atoms with Crippen molar-refractivity contribution in [1.29, 1.82) is 0 Å². The number of amides is 1. The predicted molar refractivity (Wildman–Crippen MR) is 142 cm³/mol. The summed E-state index contributed by atoms with van der Waals surface area (Å²) in [6.45, 7) is 2.62. The highest BCUT2D eigenvalue weighted by Crippen LogP contribution is 2.38. The second-order valence-corrected chi connectivity index (χ2v) is 8.47. The van der Waals surface area contributed by atoms with Crippen molar-refractivity contribution in [2.24, 2.45) is 5.10 Å². The van der Waals surface area contributed by atoms with Crippen LogP contribution in [-0.4, -0.2) is 46.0 Å². The minimum atomic E-state index is -0.541. The highest BCUT2D eigenvalue weighted by molar-refractivity contribution is 9.10. The maximum absolute atomic E-state index is 12.7. The maximum atomic E-state index is 12.7. The topological polar surface area (TPSA) is 105 Å². The molecule has 0 radical (unpaired) electrons. The average molecular weight is 571 g/mol. The Morgan fingerprint density at radius 3 is 2.16 bits per heavy atom. The molecule has 0 fully saturated rings. The van der Waals surface area contributed by atoms with Crippen LogP contribution in [0.25, 0.3) is 0 Å². The summed E-state index contributed by atoms with van der Waals surface area (Å²) in [5.74, 6) is 0.941. The van der Waals surface area contributed by atoms with Crippen molar-refractivity contribution >= 4 is 34.0 Å². The third kappa shape index (κ3) is 7.23. The van der Waals surface area contributed by atoms with Gasteiger partial charge in [-0.15, -0.1) is 0 Å². The molecule has 0 unspecified atom stereocenters. The quantitative estimate of drug-likeness (QED) is 0.145. The van der Waals surface area contributed by atoms with Crippen LogP contribution < -0.4 is 29.1 Å². The number of methoxy groups -OCH3 is 3. The Kier molecular flexibility index (Phi) is 9.91. The van der Waals surface area contributed by atoms with Crippen LogP contribution in [-0.2, 0) is 0 Å². The molecule has 3 aromatic rings. The normalized spacial score (nSPS) is 10.6. The lowest BCUT2D eigenvalue weighted by Gasteiger charge is -2.13. The Balaban J connectivity index is 1.74. The average Bonchev–Trinajstić information content (AvgIpc) is 2.92. The number of rotatable bonds is 11. The van der Waals surface area contributed by atoms with E-state index in [4.69, 9.17) is 23.7 Å². The second kappa shape index (κ2) is 13.3. The molecule has 1 N–H and O–H groups in total. The van der Waals surface area contributed by atoms with Gasteiger partial charge in [-0.25, -0.2) is 10.2 Å². The van der Waals surface area contributed by atoms with E-state index in [0.29, 0.717) is 40.7 Å². The molecular weight excluding hydrogens is 544 g/mol. The zero-order valence-electron chi connectivity index (χ0n) is 20.9. The standard InChI is InChI=1S/C27H27BrN2O7/c1-5-12-36-21-9-6-17(7-10-21)27(32)37-22-11-8-20(28)13-19(22)16-29-30-26(31)18-14-23(33-2)25(35-4)24(15-18)34-3/h6-11,13-16H,5,12H2,1-4H3,(H,30,31)/b29-16+. The summed E-state index contributed by atoms with van der Waals surface area (Å²) in [5.41, 5.74) is 3.53. The number of hydrogen-bond donors (Lipinski definition) is 1. The molecule has 3 aromatic carbocycles. The summed E-state index contributed by atoms with van der Waals surface area (Å²) in [6.07, 6.45) is 2.27. The van der Waals surface area contributed by atoms with Crippen LogP contribution in [0.3, 0.4) is 0 Å². The van der Waals surface area contributed by atoms with Crippen LogP contribution >= 0.6 is 15.9 Å². The summed E-state index contributed by atoms with van der Waals surface area (Å²) in [6, 6.07) is 14.8. The number of carbonyl (C=O) groups is 2. The Labute approximate surface area is 223 Å². The molecule has 0 saturated carbocycles. The fraction of sp³-hybridized carbons (Fsp3) is 0.222. The van der Waals surface area contributed by atoms with E-state index in [-0.39, 0.29) is 11.3 Å². The fourth-order valence-electron chi connectivity index (χ4n) is 3.22. The SMILES string of the molecule is CCCOc1ccc(C(=O)Oc2ccc(Br)cc2/C=N/NC(=O)c2cc(OC)c(OC)c(OC)c2)cc1. The van der Waals surface area contributed by atoms with E-state index in [1.54, 1.807) is 42.5 Å². The molecule has 1 amide bonds. The molecule has 10 heteroatoms. The van der Waals surface area contributed by atoms with Crippen molar-refractivity contribution in [2.45, 2.75) is 13.3 Å². The molecule has 0 saturated heterocycles. The number of hydrazone groups is 1. The minimum Gasteiger partial charge on any atom is -0.494 e. The highest BCUT2D eigenvalue weighted by atomic mass is 79.9. The number of hydrogen-bond acceptors (Lipinski definition) is 8. The Morgan fingerprint density at radius 2 is 1.57 bits per heavy atom. The third-order valence-electron chi connectivity index (χ3n) is 5.03. The van der Waals surface area contributed by atoms with E-state index < -0.39 is 11.9 Å². The van der Waals surface area contributed by atoms with Gasteiger partial charge in [-0.3, -0.25) is 4.79 Å². The highest BCUT2D eigenvalue weighted by Gasteiger charge is 2.17. The van der Waals surface area contributed by atoms with Gasteiger partial charge in [0.1, 0.15) is 11.5 Å². The van der Waals surface area contributed by atoms with Crippen LogP contribution in [0, 0.1) is 0 Å². The molecule has 0 bridgehead atoms. The van der Waals surface area contributed by atoms with E-state index in [1.807, 2.05) is 6.92 Å². The van der Waals surface area contributed by atoms with Crippen molar-refractivity contribution in [3.05, 3.63) is 75.8 Å². The molecule has 194 valence electrons. The lowest BCUT2D eigenvalue weighted by atomic mass is 10.1. The summed E-state index contributed by atoms with van der Waals surface area (Å²) in [7, 11) is 4.40. The van der Waals surface area contributed by atoms with E-state index in [0.717, 1.165) is 10.9 Å². The van der Waals surface area contributed by atoms with Gasteiger partial charge in [0.15, 0.2) is 11.5 Å². The molecule has 0 spiro atoms. The van der Waals surface area contributed by atoms with Crippen molar-refractivity contribution in [2.75, 3.05) is 27.9 Å². The first kappa shape index (κ1) is 27.5. The molecule has 37 heavy (non-hydrogen) atoms. The first-order valence-corrected chi connectivity index (χ1v) is 12.1. The zero-order chi connectivity index (χ0) is 26.8. The Morgan fingerprint density at radius 1 is 0.892 bits per heavy atom. The van der Waals surface area contributed by atoms with Crippen molar-refractivity contribution in [3.63, 3.8) is 0 Å². The molecule has 0 atom stereocenters. The monoisotopic (exact) mass is 570 g/mol. The van der Waals surface area contributed by atoms with Crippen LogP contribution in [0.5, 0.6) is 28.7 Å². The number of nitrogens with one attached hydrogen (secondary N) is 1. The maximum Gasteiger partial charge on any atom is 0.343 e. The summed E-state index contributed by atoms with van der Waals surface area (Å²) < 4.78 is 27.7. The summed E-state index contributed by atoms with van der Waals surface area (Å²) in [5, 5.41) is 4.03. The number of ether oxygens (including phenoxy) is 5. The van der Waals surface area contributed by atoms with E-state index in [9.17, 15) is 9.59 Å². The fourth-order valence-corrected chi connectivity index (χ4v) is 3.60. The molecular formula is C27H27BrN2O7. The Hall–Kier alpha value is -4.05. The van der Waals surface area contributed by atoms with Crippen LogP contribution in [0.1, 0.15) is 39.6 Å². The van der Waals surface area contributed by atoms with Crippen LogP contribution in [0.4, 0.5) is 0 Å². The van der Waals surface area contributed by atoms with Gasteiger partial charge >= 0.3 is 5.97 Å². The molecule has 3 rings (SSSR count). The van der Waals surface area contributed by atoms with E-state index >= 15 is 0 Å². The molecule has 0 aromatic heterocycles. The number of halogens is 1. The van der Waals surface area contributed by atoms with Gasteiger partial charge in [-0.2, -0.15) is 5.10 Å². The largest absolute Gasteiger partial charge is 0.494 e. The number of nitrogens with zero attached hydrogens (tertiary/aromatic N) is 1. The first-order valence-electron chi connectivity index (χ1n) is 11.3. The molecule has 0 heterocycles. The lowest BCUT2D eigenvalue weighted by molar-refractivity contribution is 0.0734. The number of carbonyl (C=O) groups excluding carboxylic acids is 2. The van der Waals surface area contributed by atoms with Gasteiger partial charge in [0.2, 0.25) is 5.75 Å². The lowest BCUT2D eigenvalue weighted by Crippen LogP contribution is -2.18. The minimum absolute atomic E-state index is 0.249. The molecule has 0 aliphatic carbocycles. The van der Waals surface area contributed by atoms with Crippen LogP contribution in [0.15, 0.2) is 64.2 Å². The van der Waals surface area contributed by atoms with E-state index in [1.165, 1.54) is 39.7 Å². The van der Waals surface area contributed by atoms with Gasteiger partial charge < -0.3 is 23.7 Å². The van der Waals surface area contributed by atoms with Crippen molar-refractivity contribution in [3.8, 4) is 28.7 Å². The van der Waals surface area contributed by atoms with Gasteiger partial charge in [0.05, 0.1) is 39.7 Å². The molecule has 0 aliphatic rings. The smallest absolute Gasteiger partial charge is 0.343 e. The van der Waals surface area contributed by atoms with Gasteiger partial charge in [0.25, 0.3) is 5.91 Å². The van der Waals surface area contributed by atoms with Gasteiger partial charge in [0, 0.05) is 15.6 Å². The number of esters is 1. The first-order chi connectivity index (χ1) is 17.9.